The first-order valence-electron chi connectivity index (χ1n) is 15.9. The fourth-order valence-corrected chi connectivity index (χ4v) is 6.55. The molecule has 7 aromatic carbocycles. The third-order valence-electron chi connectivity index (χ3n) is 8.92. The first-order valence-corrected chi connectivity index (χ1v) is 15.9. The molecule has 8 aromatic rings. The van der Waals surface area contributed by atoms with Gasteiger partial charge in [-0.05, 0) is 68.9 Å². The lowest BCUT2D eigenvalue weighted by Crippen LogP contribution is -2.33. The van der Waals surface area contributed by atoms with E-state index in [0.717, 1.165) is 61.0 Å². The minimum Gasteiger partial charge on any atom is -0.456 e. The Labute approximate surface area is 272 Å². The maximum Gasteiger partial charge on any atom is 0.160 e. The van der Waals surface area contributed by atoms with Crippen LogP contribution in [-0.2, 0) is 0 Å². The number of rotatable bonds is 5. The highest BCUT2D eigenvalue weighted by molar-refractivity contribution is 6.22. The summed E-state index contributed by atoms with van der Waals surface area (Å²) >= 11 is 0. The van der Waals surface area contributed by atoms with Crippen molar-refractivity contribution in [3.8, 4) is 22.3 Å². The Balaban J connectivity index is 1.16. The van der Waals surface area contributed by atoms with Gasteiger partial charge in [0.1, 0.15) is 23.2 Å². The van der Waals surface area contributed by atoms with Crippen LogP contribution in [0.3, 0.4) is 0 Å². The molecule has 1 aromatic heterocycles. The lowest BCUT2D eigenvalue weighted by molar-refractivity contribution is 0.668. The summed E-state index contributed by atoms with van der Waals surface area (Å²) < 4.78 is 6.44. The highest BCUT2D eigenvalue weighted by Crippen LogP contribution is 2.36. The van der Waals surface area contributed by atoms with Crippen molar-refractivity contribution in [2.75, 3.05) is 0 Å². The van der Waals surface area contributed by atoms with Gasteiger partial charge in [0, 0.05) is 21.9 Å². The summed E-state index contributed by atoms with van der Waals surface area (Å²) in [6, 6.07) is 56.9. The quantitative estimate of drug-likeness (QED) is 0.213. The van der Waals surface area contributed by atoms with Crippen molar-refractivity contribution in [1.29, 1.82) is 0 Å². The molecule has 0 bridgehead atoms. The number of nitrogens with one attached hydrogen (secondary N) is 1. The van der Waals surface area contributed by atoms with Crippen molar-refractivity contribution in [3.63, 3.8) is 0 Å². The lowest BCUT2D eigenvalue weighted by Gasteiger charge is -2.24. The van der Waals surface area contributed by atoms with Crippen LogP contribution < -0.4 is 5.32 Å². The van der Waals surface area contributed by atoms with E-state index < -0.39 is 0 Å². The number of amidine groups is 2. The van der Waals surface area contributed by atoms with Crippen molar-refractivity contribution < 1.29 is 4.42 Å². The highest BCUT2D eigenvalue weighted by atomic mass is 16.3. The van der Waals surface area contributed by atoms with Crippen LogP contribution in [0.1, 0.15) is 22.9 Å². The second-order valence-electron chi connectivity index (χ2n) is 11.9. The third-order valence-corrected chi connectivity index (χ3v) is 8.92. The fourth-order valence-electron chi connectivity index (χ4n) is 6.55. The van der Waals surface area contributed by atoms with Crippen LogP contribution in [-0.4, -0.2) is 11.7 Å². The third kappa shape index (κ3) is 4.97. The summed E-state index contributed by atoms with van der Waals surface area (Å²) in [6.45, 7) is 0. The van der Waals surface area contributed by atoms with E-state index in [1.807, 2.05) is 42.5 Å². The van der Waals surface area contributed by atoms with Gasteiger partial charge in [0.25, 0.3) is 0 Å². The Morgan fingerprint density at radius 2 is 1.11 bits per heavy atom. The summed E-state index contributed by atoms with van der Waals surface area (Å²) in [5.41, 5.74) is 9.38. The smallest absolute Gasteiger partial charge is 0.160 e. The molecule has 0 radical (unpaired) electrons. The van der Waals surface area contributed by atoms with Gasteiger partial charge in [-0.1, -0.05) is 133 Å². The molecule has 0 saturated carbocycles. The van der Waals surface area contributed by atoms with E-state index in [9.17, 15) is 0 Å². The van der Waals surface area contributed by atoms with E-state index in [2.05, 4.69) is 127 Å². The normalized spacial score (nSPS) is 14.6. The molecule has 1 N–H and O–H groups in total. The van der Waals surface area contributed by atoms with E-state index >= 15 is 0 Å². The van der Waals surface area contributed by atoms with E-state index in [0.29, 0.717) is 5.84 Å². The lowest BCUT2D eigenvalue weighted by atomic mass is 9.99. The van der Waals surface area contributed by atoms with Crippen molar-refractivity contribution in [2.24, 2.45) is 9.98 Å². The zero-order valence-corrected chi connectivity index (χ0v) is 25.5. The summed E-state index contributed by atoms with van der Waals surface area (Å²) in [4.78, 5) is 10.4. The molecule has 1 aliphatic rings. The summed E-state index contributed by atoms with van der Waals surface area (Å²) in [6.07, 6.45) is -0.298. The molecule has 9 rings (SSSR count). The van der Waals surface area contributed by atoms with Gasteiger partial charge >= 0.3 is 0 Å². The first-order chi connectivity index (χ1) is 23.3. The summed E-state index contributed by atoms with van der Waals surface area (Å²) in [7, 11) is 0. The Hall–Kier alpha value is -6.26. The van der Waals surface area contributed by atoms with Crippen LogP contribution in [0.2, 0.25) is 0 Å². The van der Waals surface area contributed by atoms with Crippen LogP contribution in [0, 0.1) is 0 Å². The van der Waals surface area contributed by atoms with E-state index in [-0.39, 0.29) is 6.17 Å². The Bertz CT molecular complexity index is 2480. The molecule has 0 saturated heterocycles. The average Bonchev–Trinajstić information content (AvgIpc) is 3.53. The van der Waals surface area contributed by atoms with Gasteiger partial charge in [-0.25, -0.2) is 9.98 Å². The van der Waals surface area contributed by atoms with E-state index in [1.165, 1.54) is 16.5 Å². The predicted molar refractivity (Wildman–Crippen MR) is 194 cm³/mol. The number of hydrogen-bond donors (Lipinski definition) is 1. The molecule has 0 fully saturated rings. The maximum absolute atomic E-state index is 6.44. The molecular formula is C43H29N3O. The number of fused-ring (bicyclic) bond motifs is 4. The molecule has 222 valence electrons. The van der Waals surface area contributed by atoms with Gasteiger partial charge in [-0.15, -0.1) is 0 Å². The zero-order chi connectivity index (χ0) is 31.2. The van der Waals surface area contributed by atoms with Gasteiger partial charge in [-0.2, -0.15) is 0 Å². The Morgan fingerprint density at radius 3 is 1.83 bits per heavy atom. The number of benzene rings is 7. The molecule has 0 aliphatic carbocycles. The topological polar surface area (TPSA) is 49.9 Å². The van der Waals surface area contributed by atoms with E-state index in [1.54, 1.807) is 0 Å². The average molecular weight is 604 g/mol. The minimum atomic E-state index is -0.298. The van der Waals surface area contributed by atoms with Crippen molar-refractivity contribution in [3.05, 3.63) is 180 Å². The van der Waals surface area contributed by atoms with Gasteiger partial charge in [0.2, 0.25) is 0 Å². The van der Waals surface area contributed by atoms with Crippen LogP contribution in [0.4, 0.5) is 0 Å². The van der Waals surface area contributed by atoms with Gasteiger partial charge < -0.3 is 9.73 Å². The van der Waals surface area contributed by atoms with Crippen molar-refractivity contribution >= 4 is 44.4 Å². The van der Waals surface area contributed by atoms with Gasteiger partial charge in [-0.3, -0.25) is 0 Å². The molecule has 4 heteroatoms. The molecule has 0 amide bonds. The maximum atomic E-state index is 6.44. The molecule has 47 heavy (non-hydrogen) atoms. The monoisotopic (exact) mass is 603 g/mol. The minimum absolute atomic E-state index is 0.298. The SMILES string of the molecule is c1ccc(-c2ccc3cc(C4=NC(c5cccc6oc7cc(-c8ccccc8)ccc7c56)=NC(c5ccccc5)N4)ccc3c2)cc1. The fraction of sp³-hybridized carbons (Fsp3) is 0.0233. The molecule has 4 nitrogen and oxygen atoms in total. The second-order valence-corrected chi connectivity index (χ2v) is 11.9. The molecular weight excluding hydrogens is 574 g/mol. The van der Waals surface area contributed by atoms with Crippen LogP contribution in [0.15, 0.2) is 178 Å². The molecule has 1 atom stereocenters. The zero-order valence-electron chi connectivity index (χ0n) is 25.5. The summed E-state index contributed by atoms with van der Waals surface area (Å²) in [5.74, 6) is 1.46. The van der Waals surface area contributed by atoms with Crippen LogP contribution in [0.25, 0.3) is 55.0 Å². The van der Waals surface area contributed by atoms with Gasteiger partial charge in [0.15, 0.2) is 5.84 Å². The van der Waals surface area contributed by atoms with Crippen molar-refractivity contribution in [2.45, 2.75) is 6.17 Å². The predicted octanol–water partition coefficient (Wildman–Crippen LogP) is 10.6. The Morgan fingerprint density at radius 1 is 0.489 bits per heavy atom. The molecule has 1 unspecified atom stereocenters. The largest absolute Gasteiger partial charge is 0.456 e. The van der Waals surface area contributed by atoms with Gasteiger partial charge in [0.05, 0.1) is 0 Å². The highest BCUT2D eigenvalue weighted by Gasteiger charge is 2.23. The molecule has 1 aliphatic heterocycles. The molecule has 0 spiro atoms. The Kier molecular flexibility index (Phi) is 6.50. The standard InChI is InChI=1S/C43H29N3O/c1-4-11-28(12-5-1)31-19-20-33-26-35(22-21-32(33)25-31)42-44-41(30-15-8-3-9-16-30)45-43(46-42)37-17-10-18-38-40(37)36-24-23-34(27-39(36)47-38)29-13-6-2-7-14-29/h1-27,41H,(H,44,45,46). The number of nitrogens with zero attached hydrogens (tertiary/aromatic N) is 2. The first kappa shape index (κ1) is 27.1. The van der Waals surface area contributed by atoms with Crippen LogP contribution >= 0.6 is 0 Å². The van der Waals surface area contributed by atoms with Crippen molar-refractivity contribution in [1.82, 2.24) is 5.32 Å². The van der Waals surface area contributed by atoms with Crippen LogP contribution in [0.5, 0.6) is 0 Å². The van der Waals surface area contributed by atoms with E-state index in [4.69, 9.17) is 14.4 Å². The number of furan rings is 1. The summed E-state index contributed by atoms with van der Waals surface area (Å²) in [5, 5.41) is 8.04. The second kappa shape index (κ2) is 11.3. The number of aliphatic imine (C=N–C) groups is 2. The molecule has 2 heterocycles. The number of hydrogen-bond acceptors (Lipinski definition) is 4.